The van der Waals surface area contributed by atoms with Gasteiger partial charge < -0.3 is 25.6 Å². The van der Waals surface area contributed by atoms with Gasteiger partial charge in [0.15, 0.2) is 0 Å². The lowest BCUT2D eigenvalue weighted by molar-refractivity contribution is -0.118. The van der Waals surface area contributed by atoms with Crippen molar-refractivity contribution in [2.75, 3.05) is 49.6 Å². The Hall–Kier alpha value is -2.35. The highest BCUT2D eigenvalue weighted by molar-refractivity contribution is 5.89. The van der Waals surface area contributed by atoms with Crippen molar-refractivity contribution in [3.63, 3.8) is 0 Å². The van der Waals surface area contributed by atoms with Crippen LogP contribution in [0.3, 0.4) is 0 Å². The summed E-state index contributed by atoms with van der Waals surface area (Å²) < 4.78 is 19.4. The Morgan fingerprint density at radius 1 is 1.22 bits per heavy atom. The first-order chi connectivity index (χ1) is 11.1. The molecule has 8 heteroatoms. The Balaban J connectivity index is 1.84. The van der Waals surface area contributed by atoms with Crippen LogP contribution in [-0.4, -0.2) is 51.3 Å². The molecule has 1 aromatic rings. The van der Waals surface area contributed by atoms with E-state index in [-0.39, 0.29) is 11.7 Å². The van der Waals surface area contributed by atoms with Crippen LogP contribution in [-0.2, 0) is 9.53 Å². The van der Waals surface area contributed by atoms with Gasteiger partial charge in [-0.15, -0.1) is 0 Å². The fraction of sp³-hybridized carbons (Fsp3) is 0.467. The minimum Gasteiger partial charge on any atom is -0.378 e. The normalized spacial score (nSPS) is 14.3. The molecule has 1 aliphatic heterocycles. The molecule has 0 saturated carbocycles. The highest BCUT2D eigenvalue weighted by atomic mass is 19.1. The number of halogens is 1. The van der Waals surface area contributed by atoms with Crippen LogP contribution in [0.15, 0.2) is 18.2 Å². The highest BCUT2D eigenvalue weighted by Gasteiger charge is 2.15. The smallest absolute Gasteiger partial charge is 0.319 e. The maximum atomic E-state index is 14.2. The Morgan fingerprint density at radius 3 is 2.57 bits per heavy atom. The SMILES string of the molecule is CC(=O)NCCNC(=O)Nc1ccc(N2CCOCC2)c(F)c1. The molecule has 0 aliphatic carbocycles. The van der Waals surface area contributed by atoms with E-state index in [1.54, 1.807) is 12.1 Å². The van der Waals surface area contributed by atoms with Gasteiger partial charge >= 0.3 is 6.03 Å². The topological polar surface area (TPSA) is 82.7 Å². The molecule has 0 spiro atoms. The molecule has 2 rings (SSSR count). The van der Waals surface area contributed by atoms with Gasteiger partial charge in [0, 0.05) is 38.8 Å². The largest absolute Gasteiger partial charge is 0.378 e. The number of anilines is 2. The molecule has 0 bridgehead atoms. The van der Waals surface area contributed by atoms with Crippen LogP contribution in [0.2, 0.25) is 0 Å². The molecule has 1 heterocycles. The second kappa shape index (κ2) is 8.33. The summed E-state index contributed by atoms with van der Waals surface area (Å²) in [5.74, 6) is -0.545. The zero-order chi connectivity index (χ0) is 16.7. The van der Waals surface area contributed by atoms with Crippen molar-refractivity contribution in [3.05, 3.63) is 24.0 Å². The molecule has 1 aromatic carbocycles. The van der Waals surface area contributed by atoms with Crippen molar-refractivity contribution < 1.29 is 18.7 Å². The van der Waals surface area contributed by atoms with E-state index in [0.29, 0.717) is 50.8 Å². The third-order valence-electron chi connectivity index (χ3n) is 3.34. The Bertz CT molecular complexity index is 562. The summed E-state index contributed by atoms with van der Waals surface area (Å²) in [6.45, 7) is 4.48. The number of ether oxygens (including phenoxy) is 1. The Kier molecular flexibility index (Phi) is 6.16. The maximum Gasteiger partial charge on any atom is 0.319 e. The van der Waals surface area contributed by atoms with E-state index < -0.39 is 6.03 Å². The lowest BCUT2D eigenvalue weighted by atomic mass is 10.2. The molecule has 0 aromatic heterocycles. The highest BCUT2D eigenvalue weighted by Crippen LogP contribution is 2.23. The van der Waals surface area contributed by atoms with E-state index in [9.17, 15) is 14.0 Å². The minimum absolute atomic E-state index is 0.159. The van der Waals surface area contributed by atoms with Crippen LogP contribution in [0, 0.1) is 5.82 Å². The number of morpholine rings is 1. The molecule has 0 unspecified atom stereocenters. The Morgan fingerprint density at radius 2 is 1.91 bits per heavy atom. The zero-order valence-electron chi connectivity index (χ0n) is 13.0. The van der Waals surface area contributed by atoms with Crippen molar-refractivity contribution in [1.82, 2.24) is 10.6 Å². The molecular weight excluding hydrogens is 303 g/mol. The van der Waals surface area contributed by atoms with Gasteiger partial charge in [-0.3, -0.25) is 4.79 Å². The van der Waals surface area contributed by atoms with E-state index in [0.717, 1.165) is 0 Å². The average Bonchev–Trinajstić information content (AvgIpc) is 2.52. The number of carbonyl (C=O) groups excluding carboxylic acids is 2. The number of hydrogen-bond acceptors (Lipinski definition) is 4. The first kappa shape index (κ1) is 17.0. The van der Waals surface area contributed by atoms with Crippen LogP contribution in [0.25, 0.3) is 0 Å². The molecular formula is C15H21FN4O3. The number of hydrogen-bond donors (Lipinski definition) is 3. The molecule has 3 N–H and O–H groups in total. The van der Waals surface area contributed by atoms with E-state index in [1.807, 2.05) is 4.90 Å². The van der Waals surface area contributed by atoms with E-state index in [1.165, 1.54) is 13.0 Å². The molecule has 0 atom stereocenters. The summed E-state index contributed by atoms with van der Waals surface area (Å²) in [7, 11) is 0. The summed E-state index contributed by atoms with van der Waals surface area (Å²) in [5, 5.41) is 7.69. The molecule has 126 valence electrons. The third-order valence-corrected chi connectivity index (χ3v) is 3.34. The lowest BCUT2D eigenvalue weighted by Gasteiger charge is -2.29. The summed E-state index contributed by atoms with van der Waals surface area (Å²) >= 11 is 0. The zero-order valence-corrected chi connectivity index (χ0v) is 13.0. The predicted molar refractivity (Wildman–Crippen MR) is 85.1 cm³/mol. The monoisotopic (exact) mass is 324 g/mol. The fourth-order valence-corrected chi connectivity index (χ4v) is 2.24. The van der Waals surface area contributed by atoms with Gasteiger partial charge in [0.05, 0.1) is 18.9 Å². The first-order valence-electron chi connectivity index (χ1n) is 7.48. The number of carbonyl (C=O) groups is 2. The Labute approximate surface area is 134 Å². The first-order valence-corrected chi connectivity index (χ1v) is 7.48. The molecule has 7 nitrogen and oxygen atoms in total. The van der Waals surface area contributed by atoms with Crippen LogP contribution in [0.1, 0.15) is 6.92 Å². The summed E-state index contributed by atoms with van der Waals surface area (Å²) in [6.07, 6.45) is 0. The average molecular weight is 324 g/mol. The second-order valence-corrected chi connectivity index (χ2v) is 5.13. The van der Waals surface area contributed by atoms with Crippen molar-refractivity contribution in [2.24, 2.45) is 0 Å². The maximum absolute atomic E-state index is 14.2. The second-order valence-electron chi connectivity index (χ2n) is 5.13. The van der Waals surface area contributed by atoms with E-state index >= 15 is 0 Å². The van der Waals surface area contributed by atoms with Gasteiger partial charge in [-0.2, -0.15) is 0 Å². The number of urea groups is 1. The van der Waals surface area contributed by atoms with E-state index in [2.05, 4.69) is 16.0 Å². The summed E-state index contributed by atoms with van der Waals surface area (Å²) in [5.41, 5.74) is 0.876. The molecule has 23 heavy (non-hydrogen) atoms. The van der Waals surface area contributed by atoms with Crippen molar-refractivity contribution in [1.29, 1.82) is 0 Å². The van der Waals surface area contributed by atoms with Gasteiger partial charge in [-0.05, 0) is 18.2 Å². The third kappa shape index (κ3) is 5.41. The molecule has 1 fully saturated rings. The molecule has 1 aliphatic rings. The van der Waals surface area contributed by atoms with Crippen LogP contribution < -0.4 is 20.9 Å². The lowest BCUT2D eigenvalue weighted by Crippen LogP contribution is -2.37. The quantitative estimate of drug-likeness (QED) is 0.704. The minimum atomic E-state index is -0.450. The number of amides is 3. The standard InChI is InChI=1S/C15H21FN4O3/c1-11(21)17-4-5-18-15(22)19-12-2-3-14(13(16)10-12)20-6-8-23-9-7-20/h2-3,10H,4-9H2,1H3,(H,17,21)(H2,18,19,22). The van der Waals surface area contributed by atoms with Crippen LogP contribution in [0.4, 0.5) is 20.6 Å². The predicted octanol–water partition coefficient (Wildman–Crippen LogP) is 0.920. The van der Waals surface area contributed by atoms with Crippen molar-refractivity contribution in [2.45, 2.75) is 6.92 Å². The van der Waals surface area contributed by atoms with Crippen molar-refractivity contribution in [3.8, 4) is 0 Å². The van der Waals surface area contributed by atoms with Crippen LogP contribution >= 0.6 is 0 Å². The molecule has 1 saturated heterocycles. The van der Waals surface area contributed by atoms with Gasteiger partial charge in [0.1, 0.15) is 5.82 Å². The van der Waals surface area contributed by atoms with Gasteiger partial charge in [0.2, 0.25) is 5.91 Å². The summed E-state index contributed by atoms with van der Waals surface area (Å²) in [4.78, 5) is 24.3. The van der Waals surface area contributed by atoms with Gasteiger partial charge in [-0.1, -0.05) is 0 Å². The fourth-order valence-electron chi connectivity index (χ4n) is 2.24. The summed E-state index contributed by atoms with van der Waals surface area (Å²) in [6, 6.07) is 4.14. The van der Waals surface area contributed by atoms with Gasteiger partial charge in [-0.25, -0.2) is 9.18 Å². The molecule has 0 radical (unpaired) electrons. The molecule has 3 amide bonds. The number of benzene rings is 1. The van der Waals surface area contributed by atoms with E-state index in [4.69, 9.17) is 4.74 Å². The number of rotatable bonds is 5. The van der Waals surface area contributed by atoms with Crippen LogP contribution in [0.5, 0.6) is 0 Å². The van der Waals surface area contributed by atoms with Gasteiger partial charge in [0.25, 0.3) is 0 Å². The van der Waals surface area contributed by atoms with Crippen molar-refractivity contribution >= 4 is 23.3 Å². The number of nitrogens with zero attached hydrogens (tertiary/aromatic N) is 1. The number of nitrogens with one attached hydrogen (secondary N) is 3.